The number of carbonyl (C=O) groups is 1. The highest BCUT2D eigenvalue weighted by atomic mass is 16.5. The Morgan fingerprint density at radius 1 is 1.14 bits per heavy atom. The van der Waals surface area contributed by atoms with Gasteiger partial charge in [-0.3, -0.25) is 4.79 Å². The molecule has 1 amide bonds. The molecule has 3 rings (SSSR count). The van der Waals surface area contributed by atoms with Crippen molar-refractivity contribution in [1.29, 1.82) is 0 Å². The van der Waals surface area contributed by atoms with Crippen LogP contribution in [0.1, 0.15) is 24.0 Å². The number of para-hydroxylation sites is 2. The van der Waals surface area contributed by atoms with Crippen molar-refractivity contribution in [2.75, 3.05) is 6.54 Å². The Bertz CT molecular complexity index is 621. The summed E-state index contributed by atoms with van der Waals surface area (Å²) in [5.74, 6) is 0.866. The fourth-order valence-corrected chi connectivity index (χ4v) is 2.54. The molecular weight excluding hydrogens is 266 g/mol. The second kappa shape index (κ2) is 5.58. The van der Waals surface area contributed by atoms with E-state index in [0.29, 0.717) is 11.5 Å². The number of carbonyl (C=O) groups excluding carboxylic acids is 1. The average Bonchev–Trinajstić information content (AvgIpc) is 2.50. The molecule has 1 atom stereocenters. The van der Waals surface area contributed by atoms with Gasteiger partial charge in [0, 0.05) is 17.7 Å². The monoisotopic (exact) mass is 283 g/mol. The van der Waals surface area contributed by atoms with Gasteiger partial charge in [0.2, 0.25) is 5.91 Å². The van der Waals surface area contributed by atoms with Crippen molar-refractivity contribution in [3.8, 4) is 11.5 Å². The molecule has 0 spiro atoms. The predicted molar refractivity (Wildman–Crippen MR) is 79.5 cm³/mol. The van der Waals surface area contributed by atoms with Crippen molar-refractivity contribution in [3.63, 3.8) is 0 Å². The van der Waals surface area contributed by atoms with Crippen LogP contribution in [0.5, 0.6) is 11.5 Å². The first-order chi connectivity index (χ1) is 10.2. The van der Waals surface area contributed by atoms with Gasteiger partial charge in [0.25, 0.3) is 0 Å². The molecule has 0 saturated carbocycles. The second-order valence-electron chi connectivity index (χ2n) is 5.20. The van der Waals surface area contributed by atoms with Gasteiger partial charge in [0.1, 0.15) is 11.5 Å². The largest absolute Gasteiger partial charge is 0.457 e. The van der Waals surface area contributed by atoms with E-state index in [1.54, 1.807) is 6.92 Å². The summed E-state index contributed by atoms with van der Waals surface area (Å²) in [5.41, 5.74) is 1.69. The van der Waals surface area contributed by atoms with Crippen LogP contribution in [0, 0.1) is 0 Å². The summed E-state index contributed by atoms with van der Waals surface area (Å²) in [7, 11) is 0. The van der Waals surface area contributed by atoms with Crippen LogP contribution in [0.4, 0.5) is 0 Å². The van der Waals surface area contributed by atoms with Crippen LogP contribution >= 0.6 is 0 Å². The number of nitrogens with one attached hydrogen (secondary N) is 1. The maximum absolute atomic E-state index is 12.6. The lowest BCUT2D eigenvalue weighted by Gasteiger charge is -2.27. The molecule has 0 aliphatic carbocycles. The first-order valence-corrected chi connectivity index (χ1v) is 6.98. The molecule has 0 fully saturated rings. The third kappa shape index (κ3) is 2.62. The van der Waals surface area contributed by atoms with Crippen LogP contribution in [-0.2, 0) is 4.79 Å². The number of rotatable bonds is 3. The molecule has 2 aromatic rings. The van der Waals surface area contributed by atoms with E-state index >= 15 is 0 Å². The van der Waals surface area contributed by atoms with Gasteiger partial charge in [-0.15, -0.1) is 0 Å². The minimum absolute atomic E-state index is 0.126. The van der Waals surface area contributed by atoms with Gasteiger partial charge < -0.3 is 15.2 Å². The molecule has 0 radical (unpaired) electrons. The molecule has 0 bridgehead atoms. The van der Waals surface area contributed by atoms with E-state index in [1.165, 1.54) is 0 Å². The SMILES string of the molecule is CC(O)CNC(=O)C1c2ccccc2Oc2ccccc21. The molecule has 2 N–H and O–H groups in total. The van der Waals surface area contributed by atoms with Gasteiger partial charge in [-0.1, -0.05) is 36.4 Å². The summed E-state index contributed by atoms with van der Waals surface area (Å²) in [4.78, 5) is 12.6. The molecule has 1 unspecified atom stereocenters. The summed E-state index contributed by atoms with van der Waals surface area (Å²) >= 11 is 0. The number of aliphatic hydroxyl groups is 1. The molecular formula is C17H17NO3. The van der Waals surface area contributed by atoms with Gasteiger partial charge in [0.15, 0.2) is 0 Å². The van der Waals surface area contributed by atoms with Crippen LogP contribution in [0.2, 0.25) is 0 Å². The van der Waals surface area contributed by atoms with Crippen molar-refractivity contribution in [1.82, 2.24) is 5.32 Å². The second-order valence-corrected chi connectivity index (χ2v) is 5.20. The Morgan fingerprint density at radius 2 is 1.67 bits per heavy atom. The van der Waals surface area contributed by atoms with Crippen LogP contribution < -0.4 is 10.1 Å². The van der Waals surface area contributed by atoms with Crippen molar-refractivity contribution in [2.24, 2.45) is 0 Å². The lowest BCUT2D eigenvalue weighted by Crippen LogP contribution is -2.35. The van der Waals surface area contributed by atoms with E-state index in [9.17, 15) is 9.90 Å². The topological polar surface area (TPSA) is 58.6 Å². The smallest absolute Gasteiger partial charge is 0.232 e. The number of benzene rings is 2. The first-order valence-electron chi connectivity index (χ1n) is 6.98. The highest BCUT2D eigenvalue weighted by Crippen LogP contribution is 2.43. The molecule has 21 heavy (non-hydrogen) atoms. The zero-order valence-electron chi connectivity index (χ0n) is 11.7. The molecule has 0 saturated heterocycles. The fraction of sp³-hybridized carbons (Fsp3) is 0.235. The Labute approximate surface area is 123 Å². The molecule has 4 heteroatoms. The molecule has 1 heterocycles. The molecule has 2 aromatic carbocycles. The highest BCUT2D eigenvalue weighted by Gasteiger charge is 2.32. The zero-order chi connectivity index (χ0) is 14.8. The maximum Gasteiger partial charge on any atom is 0.232 e. The Kier molecular flexibility index (Phi) is 3.62. The van der Waals surface area contributed by atoms with Gasteiger partial charge >= 0.3 is 0 Å². The van der Waals surface area contributed by atoms with E-state index in [1.807, 2.05) is 48.5 Å². The van der Waals surface area contributed by atoms with E-state index in [4.69, 9.17) is 4.74 Å². The van der Waals surface area contributed by atoms with Crippen LogP contribution in [-0.4, -0.2) is 23.7 Å². The summed E-state index contributed by atoms with van der Waals surface area (Å²) in [6.45, 7) is 1.88. The minimum atomic E-state index is -0.570. The van der Waals surface area contributed by atoms with Crippen LogP contribution in [0.3, 0.4) is 0 Å². The van der Waals surface area contributed by atoms with Crippen molar-refractivity contribution in [2.45, 2.75) is 18.9 Å². The number of amides is 1. The third-order valence-corrected chi connectivity index (χ3v) is 3.51. The first kappa shape index (κ1) is 13.6. The quantitative estimate of drug-likeness (QED) is 0.909. The van der Waals surface area contributed by atoms with Crippen molar-refractivity contribution in [3.05, 3.63) is 59.7 Å². The zero-order valence-corrected chi connectivity index (χ0v) is 11.7. The minimum Gasteiger partial charge on any atom is -0.457 e. The van der Waals surface area contributed by atoms with E-state index < -0.39 is 12.0 Å². The Morgan fingerprint density at radius 3 is 2.19 bits per heavy atom. The molecule has 4 nitrogen and oxygen atoms in total. The molecule has 108 valence electrons. The molecule has 1 aliphatic heterocycles. The van der Waals surface area contributed by atoms with Crippen LogP contribution in [0.25, 0.3) is 0 Å². The van der Waals surface area contributed by atoms with E-state index in [-0.39, 0.29) is 12.5 Å². The number of aliphatic hydroxyl groups excluding tert-OH is 1. The van der Waals surface area contributed by atoms with Gasteiger partial charge in [-0.25, -0.2) is 0 Å². The summed E-state index contributed by atoms with van der Waals surface area (Å²) in [6, 6.07) is 15.1. The normalized spacial score (nSPS) is 14.6. The summed E-state index contributed by atoms with van der Waals surface area (Å²) in [5, 5.41) is 12.1. The van der Waals surface area contributed by atoms with Crippen molar-refractivity contribution >= 4 is 5.91 Å². The van der Waals surface area contributed by atoms with Crippen molar-refractivity contribution < 1.29 is 14.6 Å². The Balaban J connectivity index is 2.00. The number of ether oxygens (including phenoxy) is 1. The third-order valence-electron chi connectivity index (χ3n) is 3.51. The van der Waals surface area contributed by atoms with Gasteiger partial charge in [0.05, 0.1) is 12.0 Å². The Hall–Kier alpha value is -2.33. The van der Waals surface area contributed by atoms with E-state index in [0.717, 1.165) is 11.1 Å². The lowest BCUT2D eigenvalue weighted by atomic mass is 9.87. The van der Waals surface area contributed by atoms with Crippen LogP contribution in [0.15, 0.2) is 48.5 Å². The van der Waals surface area contributed by atoms with E-state index in [2.05, 4.69) is 5.32 Å². The van der Waals surface area contributed by atoms with Gasteiger partial charge in [-0.05, 0) is 19.1 Å². The predicted octanol–water partition coefficient (Wildman–Crippen LogP) is 2.42. The maximum atomic E-state index is 12.6. The molecule has 1 aliphatic rings. The fourth-order valence-electron chi connectivity index (χ4n) is 2.54. The standard InChI is InChI=1S/C17H17NO3/c1-11(19)10-18-17(20)16-12-6-2-4-8-14(12)21-15-9-5-3-7-13(15)16/h2-9,11,16,19H,10H2,1H3,(H,18,20). The number of fused-ring (bicyclic) bond motifs is 2. The highest BCUT2D eigenvalue weighted by molar-refractivity contribution is 5.89. The van der Waals surface area contributed by atoms with Gasteiger partial charge in [-0.2, -0.15) is 0 Å². The summed E-state index contributed by atoms with van der Waals surface area (Å²) in [6.07, 6.45) is -0.570. The average molecular weight is 283 g/mol. The molecule has 0 aromatic heterocycles. The summed E-state index contributed by atoms with van der Waals surface area (Å²) < 4.78 is 5.85. The number of hydrogen-bond donors (Lipinski definition) is 2. The lowest BCUT2D eigenvalue weighted by molar-refractivity contribution is -0.122. The number of hydrogen-bond acceptors (Lipinski definition) is 3.